The molecule has 0 amide bonds. The molecule has 2 atom stereocenters. The lowest BCUT2D eigenvalue weighted by Gasteiger charge is -2.24. The fourth-order valence-electron chi connectivity index (χ4n) is 6.16. The number of benzene rings is 3. The molecule has 3 aromatic carbocycles. The molecule has 1 aliphatic heterocycles. The van der Waals surface area contributed by atoms with Gasteiger partial charge in [0.25, 0.3) is 0 Å². The molecule has 0 saturated heterocycles. The molecule has 1 saturated carbocycles. The van der Waals surface area contributed by atoms with Crippen molar-refractivity contribution in [2.75, 3.05) is 14.2 Å². The normalized spacial score (nSPS) is 21.4. The average Bonchev–Trinajstić information content (AvgIpc) is 3.30. The van der Waals surface area contributed by atoms with E-state index in [-0.39, 0.29) is 0 Å². The van der Waals surface area contributed by atoms with Gasteiger partial charge in [-0.15, -0.1) is 0 Å². The number of hydrogen-bond acceptors (Lipinski definition) is 2. The first-order valence-corrected chi connectivity index (χ1v) is 11.4. The van der Waals surface area contributed by atoms with Crippen molar-refractivity contribution in [2.24, 2.45) is 0 Å². The van der Waals surface area contributed by atoms with Crippen LogP contribution in [0.1, 0.15) is 62.5 Å². The summed E-state index contributed by atoms with van der Waals surface area (Å²) in [7, 11) is 3.57. The molecule has 2 aliphatic rings. The Morgan fingerprint density at radius 2 is 1.60 bits per heavy atom. The fraction of sp³-hybridized carbons (Fsp3) is 0.407. The molecule has 30 heavy (non-hydrogen) atoms. The maximum Gasteiger partial charge on any atom is 0.124 e. The summed E-state index contributed by atoms with van der Waals surface area (Å²) in [6.45, 7) is 0. The van der Waals surface area contributed by atoms with Gasteiger partial charge in [-0.25, -0.2) is 0 Å². The van der Waals surface area contributed by atoms with Crippen molar-refractivity contribution in [3.63, 3.8) is 0 Å². The van der Waals surface area contributed by atoms with E-state index in [2.05, 4.69) is 47.0 Å². The first-order chi connectivity index (χ1) is 14.8. The highest BCUT2D eigenvalue weighted by Gasteiger charge is 2.38. The first-order valence-electron chi connectivity index (χ1n) is 11.4. The summed E-state index contributed by atoms with van der Waals surface area (Å²) in [6.07, 6.45) is 9.27. The predicted molar refractivity (Wildman–Crippen MR) is 124 cm³/mol. The first kappa shape index (κ1) is 18.1. The Balaban J connectivity index is 1.68. The van der Waals surface area contributed by atoms with Gasteiger partial charge in [-0.3, -0.25) is 0 Å². The highest BCUT2D eigenvalue weighted by Crippen LogP contribution is 2.54. The van der Waals surface area contributed by atoms with Crippen molar-refractivity contribution in [2.45, 2.75) is 56.9 Å². The minimum atomic E-state index is 0.539. The van der Waals surface area contributed by atoms with E-state index in [1.807, 2.05) is 7.11 Å². The van der Waals surface area contributed by atoms with Crippen LogP contribution >= 0.6 is 0 Å². The average molecular weight is 400 g/mol. The summed E-state index contributed by atoms with van der Waals surface area (Å²) in [5, 5.41) is 5.26. The summed E-state index contributed by atoms with van der Waals surface area (Å²) in [6, 6.07) is 16.2. The molecule has 2 heterocycles. The van der Waals surface area contributed by atoms with Gasteiger partial charge in [0.05, 0.1) is 25.3 Å². The molecule has 154 valence electrons. The Bertz CT molecular complexity index is 1270. The van der Waals surface area contributed by atoms with Crippen molar-refractivity contribution in [3.8, 4) is 11.5 Å². The van der Waals surface area contributed by atoms with Crippen LogP contribution in [0.5, 0.6) is 11.5 Å². The molecule has 1 aliphatic carbocycles. The summed E-state index contributed by atoms with van der Waals surface area (Å²) >= 11 is 0. The van der Waals surface area contributed by atoms with E-state index in [0.717, 1.165) is 11.5 Å². The number of fused-ring (bicyclic) bond motifs is 7. The van der Waals surface area contributed by atoms with Crippen molar-refractivity contribution >= 4 is 32.6 Å². The van der Waals surface area contributed by atoms with Crippen LogP contribution < -0.4 is 9.47 Å². The summed E-state index contributed by atoms with van der Waals surface area (Å²) in [5.74, 6) is 2.56. The van der Waals surface area contributed by atoms with Crippen molar-refractivity contribution < 1.29 is 9.47 Å². The number of hydrogen-bond donors (Lipinski definition) is 0. The molecular formula is C27H29NO2. The number of ether oxygens (including phenoxy) is 2. The van der Waals surface area contributed by atoms with Crippen LogP contribution in [0.25, 0.3) is 32.6 Å². The van der Waals surface area contributed by atoms with E-state index in [1.165, 1.54) is 83.1 Å². The van der Waals surface area contributed by atoms with E-state index in [1.54, 1.807) is 7.11 Å². The molecule has 2 unspecified atom stereocenters. The predicted octanol–water partition coefficient (Wildman–Crippen LogP) is 7.35. The lowest BCUT2D eigenvalue weighted by Crippen LogP contribution is -2.11. The van der Waals surface area contributed by atoms with Crippen LogP contribution in [0.4, 0.5) is 0 Å². The van der Waals surface area contributed by atoms with Crippen LogP contribution in [0.15, 0.2) is 42.5 Å². The molecule has 3 heteroatoms. The highest BCUT2D eigenvalue weighted by molar-refractivity contribution is 6.14. The second kappa shape index (κ2) is 6.94. The third kappa shape index (κ3) is 2.50. The van der Waals surface area contributed by atoms with Gasteiger partial charge in [-0.2, -0.15) is 0 Å². The molecule has 0 N–H and O–H groups in total. The zero-order chi connectivity index (χ0) is 20.2. The maximum absolute atomic E-state index is 5.90. The van der Waals surface area contributed by atoms with Gasteiger partial charge in [0.15, 0.2) is 0 Å². The van der Waals surface area contributed by atoms with E-state index in [0.29, 0.717) is 12.0 Å². The van der Waals surface area contributed by atoms with Crippen LogP contribution in [0.2, 0.25) is 0 Å². The van der Waals surface area contributed by atoms with E-state index >= 15 is 0 Å². The van der Waals surface area contributed by atoms with Gasteiger partial charge in [0, 0.05) is 28.3 Å². The second-order valence-corrected chi connectivity index (χ2v) is 9.05. The number of nitrogens with zero attached hydrogens (tertiary/aromatic N) is 1. The van der Waals surface area contributed by atoms with Crippen molar-refractivity contribution in [1.29, 1.82) is 0 Å². The summed E-state index contributed by atoms with van der Waals surface area (Å²) in [4.78, 5) is 0. The molecule has 4 aromatic rings. The third-order valence-corrected chi connectivity index (χ3v) is 7.53. The number of rotatable bonds is 2. The largest absolute Gasteiger partial charge is 0.497 e. The van der Waals surface area contributed by atoms with Gasteiger partial charge in [-0.05, 0) is 60.0 Å². The quantitative estimate of drug-likeness (QED) is 0.352. The van der Waals surface area contributed by atoms with Gasteiger partial charge < -0.3 is 14.0 Å². The zero-order valence-electron chi connectivity index (χ0n) is 17.9. The minimum absolute atomic E-state index is 0.539. The molecule has 0 spiro atoms. The van der Waals surface area contributed by atoms with Gasteiger partial charge in [-0.1, -0.05) is 38.2 Å². The zero-order valence-corrected chi connectivity index (χ0v) is 17.9. The molecular weight excluding hydrogens is 370 g/mol. The smallest absolute Gasteiger partial charge is 0.124 e. The van der Waals surface area contributed by atoms with Crippen LogP contribution in [-0.4, -0.2) is 18.8 Å². The fourth-order valence-corrected chi connectivity index (χ4v) is 6.16. The summed E-state index contributed by atoms with van der Waals surface area (Å²) in [5.41, 5.74) is 4.24. The molecule has 1 fully saturated rings. The van der Waals surface area contributed by atoms with Crippen LogP contribution in [-0.2, 0) is 0 Å². The van der Waals surface area contributed by atoms with Crippen LogP contribution in [0, 0.1) is 0 Å². The molecule has 6 rings (SSSR count). The lowest BCUT2D eigenvalue weighted by molar-refractivity contribution is 0.377. The van der Waals surface area contributed by atoms with Gasteiger partial charge in [0.1, 0.15) is 11.5 Å². The SMILES string of the molecule is COc1ccc2cc3c4ccc(OC)c5c4n(c3cc2c1)C1CCCCCCCC51. The Morgan fingerprint density at radius 3 is 2.43 bits per heavy atom. The Kier molecular flexibility index (Phi) is 4.19. The lowest BCUT2D eigenvalue weighted by atomic mass is 9.86. The minimum Gasteiger partial charge on any atom is -0.497 e. The molecule has 0 radical (unpaired) electrons. The van der Waals surface area contributed by atoms with Crippen molar-refractivity contribution in [3.05, 3.63) is 48.0 Å². The molecule has 3 nitrogen and oxygen atoms in total. The van der Waals surface area contributed by atoms with Gasteiger partial charge >= 0.3 is 0 Å². The van der Waals surface area contributed by atoms with Crippen molar-refractivity contribution in [1.82, 2.24) is 4.57 Å². The Labute approximate surface area is 177 Å². The topological polar surface area (TPSA) is 23.4 Å². The van der Waals surface area contributed by atoms with Crippen LogP contribution in [0.3, 0.4) is 0 Å². The van der Waals surface area contributed by atoms with E-state index < -0.39 is 0 Å². The van der Waals surface area contributed by atoms with Gasteiger partial charge in [0.2, 0.25) is 0 Å². The standard InChI is InChI=1S/C27H29NO2/c1-29-19-11-10-17-15-22-20-12-13-25(30-2)26-21-8-6-4-3-5-7-9-23(21)28(27(20)26)24(22)16-18(17)14-19/h10-16,21,23H,3-9H2,1-2H3. The Hall–Kier alpha value is -2.68. The highest BCUT2D eigenvalue weighted by atomic mass is 16.5. The Morgan fingerprint density at radius 1 is 0.767 bits per heavy atom. The third-order valence-electron chi connectivity index (χ3n) is 7.53. The monoisotopic (exact) mass is 399 g/mol. The number of aromatic nitrogens is 1. The van der Waals surface area contributed by atoms with E-state index in [9.17, 15) is 0 Å². The second-order valence-electron chi connectivity index (χ2n) is 9.05. The van der Waals surface area contributed by atoms with E-state index in [4.69, 9.17) is 9.47 Å². The summed E-state index contributed by atoms with van der Waals surface area (Å²) < 4.78 is 14.1. The molecule has 0 bridgehead atoms. The maximum atomic E-state index is 5.90. The molecule has 1 aromatic heterocycles. The number of methoxy groups -OCH3 is 2.